The number of carboxylic acids is 1. The number of nitrogens with zero attached hydrogens (tertiary/aromatic N) is 1. The summed E-state index contributed by atoms with van der Waals surface area (Å²) in [6.07, 6.45) is 27.7. The molecular weight excluding hydrogens is 490 g/mol. The smallest absolute Gasteiger partial charge is 0.305 e. The number of unbranched alkanes of at least 4 members (excludes halogenated alkanes) is 18. The molecule has 0 bridgehead atoms. The van der Waals surface area contributed by atoms with E-state index in [9.17, 15) is 9.59 Å². The molecule has 232 valence electrons. The van der Waals surface area contributed by atoms with E-state index in [0.29, 0.717) is 19.6 Å². The number of ether oxygens (including phenoxy) is 2. The van der Waals surface area contributed by atoms with Gasteiger partial charge in [-0.2, -0.15) is 0 Å². The first-order valence-corrected chi connectivity index (χ1v) is 16.8. The lowest BCUT2D eigenvalue weighted by atomic mass is 10.1. The van der Waals surface area contributed by atoms with Gasteiger partial charge < -0.3 is 19.5 Å². The van der Waals surface area contributed by atoms with E-state index in [0.717, 1.165) is 19.6 Å². The molecule has 0 atom stereocenters. The Morgan fingerprint density at radius 2 is 0.949 bits per heavy atom. The van der Waals surface area contributed by atoms with Gasteiger partial charge in [0.2, 0.25) is 0 Å². The van der Waals surface area contributed by atoms with Crippen LogP contribution in [0.15, 0.2) is 0 Å². The van der Waals surface area contributed by atoms with Crippen molar-refractivity contribution < 1.29 is 24.2 Å². The molecule has 6 nitrogen and oxygen atoms in total. The molecular formula is C33H65NO5. The quantitative estimate of drug-likeness (QED) is 0.0659. The predicted molar refractivity (Wildman–Crippen MR) is 163 cm³/mol. The fraction of sp³-hybridized carbons (Fsp3) is 0.939. The number of carbonyl (C=O) groups is 2. The Balaban J connectivity index is 3.99. The largest absolute Gasteiger partial charge is 0.481 e. The fourth-order valence-corrected chi connectivity index (χ4v) is 4.95. The zero-order valence-corrected chi connectivity index (χ0v) is 26.0. The molecule has 0 aromatic carbocycles. The van der Waals surface area contributed by atoms with Gasteiger partial charge in [-0.1, -0.05) is 129 Å². The molecule has 0 rings (SSSR count). The van der Waals surface area contributed by atoms with Crippen molar-refractivity contribution in [2.24, 2.45) is 0 Å². The van der Waals surface area contributed by atoms with Gasteiger partial charge in [0.25, 0.3) is 0 Å². The molecule has 0 saturated heterocycles. The van der Waals surface area contributed by atoms with E-state index in [1.807, 2.05) is 0 Å². The molecule has 0 aliphatic carbocycles. The molecule has 6 heteroatoms. The average Bonchev–Trinajstić information content (AvgIpc) is 2.91. The monoisotopic (exact) mass is 555 g/mol. The first-order chi connectivity index (χ1) is 19.1. The Morgan fingerprint density at radius 1 is 0.513 bits per heavy atom. The third-order valence-corrected chi connectivity index (χ3v) is 7.47. The van der Waals surface area contributed by atoms with Crippen LogP contribution in [0.2, 0.25) is 0 Å². The standard InChI is InChI=1S/C33H65NO5/c1-3-5-7-9-11-13-15-17-19-21-26-34(27-22-20-18-16-14-12-10-8-6-4-2)28-29-38-30-31-39-33(37)25-23-24-32(35)36/h3-31H2,1-2H3,(H,35,36). The van der Waals surface area contributed by atoms with Crippen LogP contribution in [0.25, 0.3) is 0 Å². The van der Waals surface area contributed by atoms with Crippen LogP contribution >= 0.6 is 0 Å². The number of esters is 1. The van der Waals surface area contributed by atoms with Crippen LogP contribution in [-0.4, -0.2) is 61.4 Å². The van der Waals surface area contributed by atoms with Crippen LogP contribution in [0.1, 0.15) is 162 Å². The summed E-state index contributed by atoms with van der Waals surface area (Å²) < 4.78 is 10.9. The van der Waals surface area contributed by atoms with Gasteiger partial charge in [0, 0.05) is 19.4 Å². The molecule has 0 aromatic heterocycles. The first kappa shape index (κ1) is 37.9. The molecule has 0 aliphatic rings. The van der Waals surface area contributed by atoms with E-state index >= 15 is 0 Å². The van der Waals surface area contributed by atoms with Crippen molar-refractivity contribution in [1.29, 1.82) is 0 Å². The van der Waals surface area contributed by atoms with Crippen LogP contribution in [-0.2, 0) is 19.1 Å². The molecule has 0 aromatic rings. The van der Waals surface area contributed by atoms with Gasteiger partial charge in [0.1, 0.15) is 6.61 Å². The highest BCUT2D eigenvalue weighted by Crippen LogP contribution is 2.13. The van der Waals surface area contributed by atoms with E-state index in [1.165, 1.54) is 128 Å². The second-order valence-corrected chi connectivity index (χ2v) is 11.3. The minimum atomic E-state index is -0.883. The summed E-state index contributed by atoms with van der Waals surface area (Å²) in [5.74, 6) is -1.23. The Kier molecular flexibility index (Phi) is 30.5. The van der Waals surface area contributed by atoms with Crippen molar-refractivity contribution in [3.05, 3.63) is 0 Å². The lowest BCUT2D eigenvalue weighted by molar-refractivity contribution is -0.145. The fourth-order valence-electron chi connectivity index (χ4n) is 4.95. The minimum absolute atomic E-state index is 0.000467. The molecule has 0 unspecified atom stereocenters. The van der Waals surface area contributed by atoms with Crippen molar-refractivity contribution in [2.75, 3.05) is 39.5 Å². The topological polar surface area (TPSA) is 76.1 Å². The number of carbonyl (C=O) groups excluding carboxylic acids is 1. The summed E-state index contributed by atoms with van der Waals surface area (Å²) in [7, 11) is 0. The van der Waals surface area contributed by atoms with Crippen LogP contribution in [0.4, 0.5) is 0 Å². The number of hydrogen-bond donors (Lipinski definition) is 1. The second kappa shape index (κ2) is 31.4. The SMILES string of the molecule is CCCCCCCCCCCCN(CCCCCCCCCCCC)CCOCCOC(=O)CCCC(=O)O. The molecule has 0 aliphatic heterocycles. The molecule has 0 radical (unpaired) electrons. The van der Waals surface area contributed by atoms with Gasteiger partial charge in [-0.25, -0.2) is 0 Å². The van der Waals surface area contributed by atoms with Gasteiger partial charge in [-0.05, 0) is 32.4 Å². The molecule has 0 heterocycles. The summed E-state index contributed by atoms with van der Waals surface area (Å²) >= 11 is 0. The van der Waals surface area contributed by atoms with E-state index < -0.39 is 5.97 Å². The highest BCUT2D eigenvalue weighted by atomic mass is 16.6. The lowest BCUT2D eigenvalue weighted by Gasteiger charge is -2.22. The van der Waals surface area contributed by atoms with E-state index in [1.54, 1.807) is 0 Å². The minimum Gasteiger partial charge on any atom is -0.481 e. The summed E-state index contributed by atoms with van der Waals surface area (Å²) in [4.78, 5) is 24.7. The van der Waals surface area contributed by atoms with Crippen molar-refractivity contribution in [1.82, 2.24) is 4.90 Å². The van der Waals surface area contributed by atoms with Crippen LogP contribution in [0, 0.1) is 0 Å². The lowest BCUT2D eigenvalue weighted by Crippen LogP contribution is -2.30. The summed E-state index contributed by atoms with van der Waals surface area (Å²) in [6, 6.07) is 0. The molecule has 0 spiro atoms. The van der Waals surface area contributed by atoms with Gasteiger partial charge in [-0.3, -0.25) is 9.59 Å². The van der Waals surface area contributed by atoms with Crippen LogP contribution < -0.4 is 0 Å². The van der Waals surface area contributed by atoms with Gasteiger partial charge in [0.15, 0.2) is 0 Å². The van der Waals surface area contributed by atoms with Crippen LogP contribution in [0.3, 0.4) is 0 Å². The highest BCUT2D eigenvalue weighted by Gasteiger charge is 2.07. The number of aliphatic carboxylic acids is 1. The molecule has 1 N–H and O–H groups in total. The Morgan fingerprint density at radius 3 is 1.38 bits per heavy atom. The van der Waals surface area contributed by atoms with Crippen molar-refractivity contribution in [3.8, 4) is 0 Å². The van der Waals surface area contributed by atoms with E-state index in [2.05, 4.69) is 18.7 Å². The summed E-state index contributed by atoms with van der Waals surface area (Å²) in [6.45, 7) is 9.08. The van der Waals surface area contributed by atoms with Gasteiger partial charge in [0.05, 0.1) is 13.2 Å². The third kappa shape index (κ3) is 31.2. The average molecular weight is 556 g/mol. The predicted octanol–water partition coefficient (Wildman–Crippen LogP) is 8.94. The Bertz CT molecular complexity index is 504. The van der Waals surface area contributed by atoms with E-state index in [-0.39, 0.29) is 25.4 Å². The van der Waals surface area contributed by atoms with Crippen molar-refractivity contribution >= 4 is 11.9 Å². The van der Waals surface area contributed by atoms with Gasteiger partial charge >= 0.3 is 11.9 Å². The normalized spacial score (nSPS) is 11.4. The maximum absolute atomic E-state index is 11.6. The van der Waals surface area contributed by atoms with Crippen LogP contribution in [0.5, 0.6) is 0 Å². The molecule has 0 saturated carbocycles. The zero-order valence-electron chi connectivity index (χ0n) is 26.0. The number of hydrogen-bond acceptors (Lipinski definition) is 5. The third-order valence-electron chi connectivity index (χ3n) is 7.47. The molecule has 39 heavy (non-hydrogen) atoms. The number of rotatable bonds is 32. The Labute approximate surface area is 242 Å². The second-order valence-electron chi connectivity index (χ2n) is 11.3. The molecule has 0 amide bonds. The van der Waals surface area contributed by atoms with E-state index in [4.69, 9.17) is 14.6 Å². The summed E-state index contributed by atoms with van der Waals surface area (Å²) in [5.41, 5.74) is 0. The number of carboxylic acid groups (broad SMARTS) is 1. The Hall–Kier alpha value is -1.14. The maximum atomic E-state index is 11.6. The van der Waals surface area contributed by atoms with Crippen molar-refractivity contribution in [3.63, 3.8) is 0 Å². The molecule has 0 fully saturated rings. The first-order valence-electron chi connectivity index (χ1n) is 16.8. The maximum Gasteiger partial charge on any atom is 0.305 e. The summed E-state index contributed by atoms with van der Waals surface area (Å²) in [5, 5.41) is 8.64. The van der Waals surface area contributed by atoms with Gasteiger partial charge in [-0.15, -0.1) is 0 Å². The zero-order chi connectivity index (χ0) is 28.7. The van der Waals surface area contributed by atoms with Crippen molar-refractivity contribution in [2.45, 2.75) is 162 Å². The highest BCUT2D eigenvalue weighted by molar-refractivity contribution is 5.71.